The molecular formula is C28H39N3O3. The van der Waals surface area contributed by atoms with E-state index in [0.717, 1.165) is 43.8 Å². The molecule has 1 atom stereocenters. The van der Waals surface area contributed by atoms with Gasteiger partial charge in [0, 0.05) is 44.2 Å². The van der Waals surface area contributed by atoms with Crippen LogP contribution in [0, 0.1) is 11.8 Å². The molecule has 0 aliphatic carbocycles. The number of carbonyl (C=O) groups is 2. The number of piperidine rings is 1. The van der Waals surface area contributed by atoms with E-state index in [4.69, 9.17) is 10.5 Å². The zero-order valence-electron chi connectivity index (χ0n) is 20.8. The molecule has 1 fully saturated rings. The molecule has 3 rings (SSSR count). The average Bonchev–Trinajstić information content (AvgIpc) is 2.82. The maximum Gasteiger partial charge on any atom is 0.222 e. The number of primary amides is 1. The molecule has 1 aliphatic rings. The van der Waals surface area contributed by atoms with E-state index in [2.05, 4.69) is 43.0 Å². The van der Waals surface area contributed by atoms with E-state index in [-0.39, 0.29) is 24.2 Å². The molecule has 0 saturated carbocycles. The summed E-state index contributed by atoms with van der Waals surface area (Å²) in [7, 11) is 0. The Morgan fingerprint density at radius 3 is 2.24 bits per heavy atom. The fourth-order valence-corrected chi connectivity index (χ4v) is 4.60. The van der Waals surface area contributed by atoms with Crippen LogP contribution in [0.1, 0.15) is 52.0 Å². The van der Waals surface area contributed by atoms with Gasteiger partial charge in [-0.05, 0) is 54.5 Å². The average molecular weight is 466 g/mol. The summed E-state index contributed by atoms with van der Waals surface area (Å²) in [6.45, 7) is 9.41. The van der Waals surface area contributed by atoms with E-state index < -0.39 is 0 Å². The molecule has 2 N–H and O–H groups in total. The molecule has 184 valence electrons. The van der Waals surface area contributed by atoms with Gasteiger partial charge < -0.3 is 20.3 Å². The maximum absolute atomic E-state index is 12.7. The minimum atomic E-state index is -0.347. The van der Waals surface area contributed by atoms with Crippen LogP contribution in [0.2, 0.25) is 0 Å². The van der Waals surface area contributed by atoms with E-state index >= 15 is 0 Å². The molecule has 1 heterocycles. The van der Waals surface area contributed by atoms with Crippen molar-refractivity contribution in [3.8, 4) is 5.75 Å². The summed E-state index contributed by atoms with van der Waals surface area (Å²) in [5, 5.41) is 0. The third kappa shape index (κ3) is 7.79. The molecule has 0 radical (unpaired) electrons. The van der Waals surface area contributed by atoms with Crippen LogP contribution in [0.4, 0.5) is 5.69 Å². The van der Waals surface area contributed by atoms with Crippen LogP contribution < -0.4 is 15.4 Å². The van der Waals surface area contributed by atoms with Gasteiger partial charge >= 0.3 is 0 Å². The number of hydrogen-bond donors (Lipinski definition) is 1. The number of benzene rings is 2. The van der Waals surface area contributed by atoms with E-state index in [9.17, 15) is 9.59 Å². The molecular weight excluding hydrogens is 426 g/mol. The summed E-state index contributed by atoms with van der Waals surface area (Å²) in [4.78, 5) is 28.2. The van der Waals surface area contributed by atoms with Crippen molar-refractivity contribution in [3.63, 3.8) is 0 Å². The predicted octanol–water partition coefficient (Wildman–Crippen LogP) is 4.62. The van der Waals surface area contributed by atoms with Crippen molar-refractivity contribution in [1.29, 1.82) is 0 Å². The fourth-order valence-electron chi connectivity index (χ4n) is 4.60. The minimum Gasteiger partial charge on any atom is -0.489 e. The number of rotatable bonds is 11. The van der Waals surface area contributed by atoms with Crippen molar-refractivity contribution in [1.82, 2.24) is 4.90 Å². The number of anilines is 1. The second-order valence-corrected chi connectivity index (χ2v) is 9.91. The van der Waals surface area contributed by atoms with Gasteiger partial charge in [-0.3, -0.25) is 9.59 Å². The topological polar surface area (TPSA) is 75.9 Å². The van der Waals surface area contributed by atoms with Gasteiger partial charge in [0.05, 0.1) is 0 Å². The Labute approximate surface area is 204 Å². The van der Waals surface area contributed by atoms with Gasteiger partial charge in [0.2, 0.25) is 11.8 Å². The third-order valence-corrected chi connectivity index (χ3v) is 6.31. The van der Waals surface area contributed by atoms with Gasteiger partial charge in [0.15, 0.2) is 0 Å². The van der Waals surface area contributed by atoms with Crippen LogP contribution in [0.5, 0.6) is 5.75 Å². The summed E-state index contributed by atoms with van der Waals surface area (Å²) in [5.41, 5.74) is 7.62. The molecule has 6 nitrogen and oxygen atoms in total. The first-order chi connectivity index (χ1) is 16.3. The van der Waals surface area contributed by atoms with Gasteiger partial charge in [0.1, 0.15) is 12.4 Å². The van der Waals surface area contributed by atoms with Gasteiger partial charge in [-0.2, -0.15) is 0 Å². The highest BCUT2D eigenvalue weighted by molar-refractivity contribution is 5.78. The zero-order valence-corrected chi connectivity index (χ0v) is 20.8. The lowest BCUT2D eigenvalue weighted by atomic mass is 9.98. The highest BCUT2D eigenvalue weighted by atomic mass is 16.5. The Hall–Kier alpha value is -3.02. The molecule has 1 unspecified atom stereocenters. The monoisotopic (exact) mass is 465 g/mol. The van der Waals surface area contributed by atoms with Crippen LogP contribution in [0.3, 0.4) is 0 Å². The van der Waals surface area contributed by atoms with Crippen molar-refractivity contribution >= 4 is 17.5 Å². The lowest BCUT2D eigenvalue weighted by molar-refractivity contribution is -0.133. The lowest BCUT2D eigenvalue weighted by Gasteiger charge is -2.41. The van der Waals surface area contributed by atoms with Crippen LogP contribution in [0.15, 0.2) is 54.6 Å². The number of likely N-dealkylation sites (tertiary alicyclic amines) is 1. The van der Waals surface area contributed by atoms with Crippen molar-refractivity contribution < 1.29 is 14.3 Å². The summed E-state index contributed by atoms with van der Waals surface area (Å²) >= 11 is 0. The van der Waals surface area contributed by atoms with Gasteiger partial charge in [-0.1, -0.05) is 51.1 Å². The molecule has 6 heteroatoms. The molecule has 0 spiro atoms. The summed E-state index contributed by atoms with van der Waals surface area (Å²) in [5.74, 6) is 1.16. The minimum absolute atomic E-state index is 0.0113. The molecule has 1 aliphatic heterocycles. The smallest absolute Gasteiger partial charge is 0.222 e. The summed E-state index contributed by atoms with van der Waals surface area (Å²) in [6.07, 6.45) is 2.52. The van der Waals surface area contributed by atoms with Crippen LogP contribution in [0.25, 0.3) is 0 Å². The number of nitrogens with two attached hydrogens (primary N) is 1. The normalized spacial score (nSPS) is 15.2. The SMILES string of the molecule is CC(C)CN(c1ccc(OCc2ccccc2)cc1)C1CCN(C(=O)CC(C)CC(N)=O)CC1. The maximum atomic E-state index is 12.7. The van der Waals surface area contributed by atoms with Gasteiger partial charge in [0.25, 0.3) is 0 Å². The summed E-state index contributed by atoms with van der Waals surface area (Å²) in [6, 6.07) is 18.9. The zero-order chi connectivity index (χ0) is 24.5. The van der Waals surface area contributed by atoms with Gasteiger partial charge in [-0.25, -0.2) is 0 Å². The van der Waals surface area contributed by atoms with Crippen molar-refractivity contribution in [2.75, 3.05) is 24.5 Å². The van der Waals surface area contributed by atoms with E-state index in [1.54, 1.807) is 0 Å². The van der Waals surface area contributed by atoms with E-state index in [1.807, 2.05) is 42.2 Å². The molecule has 0 aromatic heterocycles. The lowest BCUT2D eigenvalue weighted by Crippen LogP contribution is -2.48. The molecule has 34 heavy (non-hydrogen) atoms. The van der Waals surface area contributed by atoms with Crippen molar-refractivity contribution in [2.45, 2.75) is 59.1 Å². The standard InChI is InChI=1S/C28H39N3O3/c1-21(2)19-31(24-9-11-26(12-10-24)34-20-23-7-5-4-6-8-23)25-13-15-30(16-14-25)28(33)18-22(3)17-27(29)32/h4-12,21-22,25H,13-20H2,1-3H3,(H2,29,32). The van der Waals surface area contributed by atoms with E-state index in [0.29, 0.717) is 25.0 Å². The second-order valence-electron chi connectivity index (χ2n) is 9.91. The highest BCUT2D eigenvalue weighted by Gasteiger charge is 2.28. The molecule has 2 aromatic carbocycles. The number of hydrogen-bond acceptors (Lipinski definition) is 4. The van der Waals surface area contributed by atoms with Crippen molar-refractivity contribution in [3.05, 3.63) is 60.2 Å². The first-order valence-electron chi connectivity index (χ1n) is 12.4. The van der Waals surface area contributed by atoms with Crippen molar-refractivity contribution in [2.24, 2.45) is 17.6 Å². The Kier molecular flexibility index (Phi) is 9.37. The molecule has 0 bridgehead atoms. The van der Waals surface area contributed by atoms with Crippen LogP contribution in [-0.4, -0.2) is 42.4 Å². The first-order valence-corrected chi connectivity index (χ1v) is 12.4. The third-order valence-electron chi connectivity index (χ3n) is 6.31. The summed E-state index contributed by atoms with van der Waals surface area (Å²) < 4.78 is 5.96. The molecule has 2 amide bonds. The van der Waals surface area contributed by atoms with Crippen LogP contribution >= 0.6 is 0 Å². The predicted molar refractivity (Wildman–Crippen MR) is 137 cm³/mol. The highest BCUT2D eigenvalue weighted by Crippen LogP contribution is 2.27. The Bertz CT molecular complexity index is 906. The molecule has 2 aromatic rings. The largest absolute Gasteiger partial charge is 0.489 e. The Morgan fingerprint density at radius 1 is 1.00 bits per heavy atom. The number of nitrogens with zero attached hydrogens (tertiary/aromatic N) is 2. The van der Waals surface area contributed by atoms with E-state index in [1.165, 1.54) is 5.69 Å². The molecule has 1 saturated heterocycles. The number of ether oxygens (including phenoxy) is 1. The number of carbonyl (C=O) groups excluding carboxylic acids is 2. The quantitative estimate of drug-likeness (QED) is 0.525. The first kappa shape index (κ1) is 25.6. The van der Waals surface area contributed by atoms with Crippen LogP contribution in [-0.2, 0) is 16.2 Å². The van der Waals surface area contributed by atoms with Gasteiger partial charge in [-0.15, -0.1) is 0 Å². The number of amides is 2. The second kappa shape index (κ2) is 12.4. The Balaban J connectivity index is 1.57. The Morgan fingerprint density at radius 2 is 1.65 bits per heavy atom. The fraction of sp³-hybridized carbons (Fsp3) is 0.500.